The monoisotopic (exact) mass is 296 g/mol. The van der Waals surface area contributed by atoms with Crippen LogP contribution in [0.3, 0.4) is 0 Å². The van der Waals surface area contributed by atoms with Crippen molar-refractivity contribution in [3.8, 4) is 0 Å². The number of thioether (sulfide) groups is 1. The van der Waals surface area contributed by atoms with Gasteiger partial charge in [-0.2, -0.15) is 0 Å². The first-order valence-corrected chi connectivity index (χ1v) is 7.44. The van der Waals surface area contributed by atoms with Crippen LogP contribution in [0.2, 0.25) is 0 Å². The van der Waals surface area contributed by atoms with E-state index >= 15 is 0 Å². The Bertz CT molecular complexity index is 446. The van der Waals surface area contributed by atoms with Crippen LogP contribution in [0.4, 0.5) is 5.69 Å². The summed E-state index contributed by atoms with van der Waals surface area (Å²) in [7, 11) is 0. The summed E-state index contributed by atoms with van der Waals surface area (Å²) in [5.41, 5.74) is 1.42. The van der Waals surface area contributed by atoms with Crippen LogP contribution in [0, 0.1) is 0 Å². The minimum atomic E-state index is -0.273. The van der Waals surface area contributed by atoms with Gasteiger partial charge in [0, 0.05) is 5.69 Å². The van der Waals surface area contributed by atoms with Crippen LogP contribution in [-0.2, 0) is 16.2 Å². The lowest BCUT2D eigenvalue weighted by atomic mass is 10.2. The lowest BCUT2D eigenvalue weighted by Crippen LogP contribution is -2.34. The summed E-state index contributed by atoms with van der Waals surface area (Å²) in [5, 5.41) is 14.5. The van der Waals surface area contributed by atoms with E-state index in [4.69, 9.17) is 5.11 Å². The molecule has 5 nitrogen and oxygen atoms in total. The van der Waals surface area contributed by atoms with Gasteiger partial charge in [-0.1, -0.05) is 26.0 Å². The van der Waals surface area contributed by atoms with Gasteiger partial charge in [-0.3, -0.25) is 9.59 Å². The molecule has 0 atom stereocenters. The standard InChI is InChI=1S/C14H20N2O3S/c1-10(2)20-9-14(19)15-7-13(18)16-12-5-3-11(8-17)4-6-12/h3-6,10,17H,7-9H2,1-2H3,(H,15,19)(H,16,18). The fourth-order valence-electron chi connectivity index (χ4n) is 1.37. The molecule has 3 N–H and O–H groups in total. The molecule has 20 heavy (non-hydrogen) atoms. The Morgan fingerprint density at radius 3 is 2.40 bits per heavy atom. The Labute approximate surface area is 123 Å². The van der Waals surface area contributed by atoms with Gasteiger partial charge in [0.15, 0.2) is 0 Å². The molecule has 1 aromatic rings. The Balaban J connectivity index is 2.30. The Hall–Kier alpha value is -1.53. The molecule has 0 bridgehead atoms. The Morgan fingerprint density at radius 1 is 1.20 bits per heavy atom. The molecule has 0 radical (unpaired) electrons. The maximum absolute atomic E-state index is 11.6. The number of hydrogen-bond acceptors (Lipinski definition) is 4. The number of carbonyl (C=O) groups is 2. The number of nitrogens with one attached hydrogen (secondary N) is 2. The number of rotatable bonds is 7. The average molecular weight is 296 g/mol. The van der Waals surface area contributed by atoms with Crippen molar-refractivity contribution in [3.63, 3.8) is 0 Å². The second-order valence-corrected chi connectivity index (χ2v) is 6.10. The van der Waals surface area contributed by atoms with E-state index in [0.29, 0.717) is 16.7 Å². The highest BCUT2D eigenvalue weighted by molar-refractivity contribution is 8.00. The summed E-state index contributed by atoms with van der Waals surface area (Å²) in [6, 6.07) is 6.88. The van der Waals surface area contributed by atoms with Crippen LogP contribution < -0.4 is 10.6 Å². The summed E-state index contributed by atoms with van der Waals surface area (Å²) in [5.74, 6) is -0.0602. The molecule has 0 spiro atoms. The minimum Gasteiger partial charge on any atom is -0.392 e. The maximum Gasteiger partial charge on any atom is 0.243 e. The zero-order valence-electron chi connectivity index (χ0n) is 11.7. The van der Waals surface area contributed by atoms with Crippen molar-refractivity contribution in [3.05, 3.63) is 29.8 Å². The topological polar surface area (TPSA) is 78.4 Å². The van der Waals surface area contributed by atoms with Crippen molar-refractivity contribution in [1.29, 1.82) is 0 Å². The molecule has 6 heteroatoms. The van der Waals surface area contributed by atoms with E-state index < -0.39 is 0 Å². The highest BCUT2D eigenvalue weighted by atomic mass is 32.2. The highest BCUT2D eigenvalue weighted by Crippen LogP contribution is 2.09. The highest BCUT2D eigenvalue weighted by Gasteiger charge is 2.07. The van der Waals surface area contributed by atoms with Crippen molar-refractivity contribution in [2.75, 3.05) is 17.6 Å². The van der Waals surface area contributed by atoms with E-state index in [2.05, 4.69) is 10.6 Å². The molecular formula is C14H20N2O3S. The first kappa shape index (κ1) is 16.5. The van der Waals surface area contributed by atoms with Crippen molar-refractivity contribution in [1.82, 2.24) is 5.32 Å². The molecule has 1 rings (SSSR count). The van der Waals surface area contributed by atoms with Gasteiger partial charge >= 0.3 is 0 Å². The number of aliphatic hydroxyl groups excluding tert-OH is 1. The molecule has 0 fully saturated rings. The lowest BCUT2D eigenvalue weighted by Gasteiger charge is -2.08. The summed E-state index contributed by atoms with van der Waals surface area (Å²) in [6.45, 7) is 3.96. The third-order valence-electron chi connectivity index (χ3n) is 2.41. The number of aliphatic hydroxyl groups is 1. The Morgan fingerprint density at radius 2 is 1.85 bits per heavy atom. The van der Waals surface area contributed by atoms with Crippen LogP contribution in [0.25, 0.3) is 0 Å². The molecule has 1 aromatic carbocycles. The third-order valence-corrected chi connectivity index (χ3v) is 3.51. The van der Waals surface area contributed by atoms with Gasteiger partial charge in [0.25, 0.3) is 0 Å². The zero-order valence-corrected chi connectivity index (χ0v) is 12.5. The van der Waals surface area contributed by atoms with Crippen molar-refractivity contribution >= 4 is 29.3 Å². The number of benzene rings is 1. The molecule has 110 valence electrons. The fourth-order valence-corrected chi connectivity index (χ4v) is 1.96. The second-order valence-electron chi connectivity index (χ2n) is 4.54. The first-order valence-electron chi connectivity index (χ1n) is 6.39. The second kappa shape index (κ2) is 8.60. The van der Waals surface area contributed by atoms with Crippen LogP contribution in [0.5, 0.6) is 0 Å². The summed E-state index contributed by atoms with van der Waals surface area (Å²) in [4.78, 5) is 23.1. The maximum atomic E-state index is 11.6. The molecule has 0 heterocycles. The first-order chi connectivity index (χ1) is 9.51. The molecule has 0 unspecified atom stereocenters. The molecule has 0 aliphatic carbocycles. The van der Waals surface area contributed by atoms with Gasteiger partial charge in [0.1, 0.15) is 0 Å². The number of hydrogen-bond donors (Lipinski definition) is 3. The van der Waals surface area contributed by atoms with Crippen LogP contribution >= 0.6 is 11.8 Å². The summed E-state index contributed by atoms with van der Waals surface area (Å²) >= 11 is 1.53. The third kappa shape index (κ3) is 6.58. The lowest BCUT2D eigenvalue weighted by molar-refractivity contribution is -0.122. The van der Waals surface area contributed by atoms with Gasteiger partial charge in [-0.15, -0.1) is 11.8 Å². The summed E-state index contributed by atoms with van der Waals surface area (Å²) < 4.78 is 0. The van der Waals surface area contributed by atoms with Crippen molar-refractivity contribution < 1.29 is 14.7 Å². The molecule has 0 saturated carbocycles. The summed E-state index contributed by atoms with van der Waals surface area (Å²) in [6.07, 6.45) is 0. The zero-order chi connectivity index (χ0) is 15.0. The minimum absolute atomic E-state index is 0.0300. The number of anilines is 1. The van der Waals surface area contributed by atoms with Crippen molar-refractivity contribution in [2.45, 2.75) is 25.7 Å². The SMILES string of the molecule is CC(C)SCC(=O)NCC(=O)Nc1ccc(CO)cc1. The molecule has 2 amide bonds. The van der Waals surface area contributed by atoms with E-state index in [0.717, 1.165) is 5.56 Å². The molecule has 0 aromatic heterocycles. The molecule has 0 saturated heterocycles. The van der Waals surface area contributed by atoms with E-state index in [1.807, 2.05) is 13.8 Å². The van der Waals surface area contributed by atoms with Gasteiger partial charge < -0.3 is 15.7 Å². The fraction of sp³-hybridized carbons (Fsp3) is 0.429. The van der Waals surface area contributed by atoms with Crippen LogP contribution in [-0.4, -0.2) is 34.5 Å². The normalized spacial score (nSPS) is 10.4. The molecule has 0 aliphatic rings. The Kier molecular flexibility index (Phi) is 7.11. The largest absolute Gasteiger partial charge is 0.392 e. The van der Waals surface area contributed by atoms with Crippen molar-refractivity contribution in [2.24, 2.45) is 0 Å². The van der Waals surface area contributed by atoms with E-state index in [9.17, 15) is 9.59 Å². The quantitative estimate of drug-likeness (QED) is 0.710. The average Bonchev–Trinajstić information content (AvgIpc) is 2.43. The number of carbonyl (C=O) groups excluding carboxylic acids is 2. The van der Waals surface area contributed by atoms with Gasteiger partial charge in [0.05, 0.1) is 18.9 Å². The number of amides is 2. The van der Waals surface area contributed by atoms with Crippen LogP contribution in [0.1, 0.15) is 19.4 Å². The predicted octanol–water partition coefficient (Wildman–Crippen LogP) is 1.38. The molecule has 0 aliphatic heterocycles. The van der Waals surface area contributed by atoms with Gasteiger partial charge in [-0.05, 0) is 22.9 Å². The van der Waals surface area contributed by atoms with E-state index in [1.54, 1.807) is 24.3 Å². The molecular weight excluding hydrogens is 276 g/mol. The van der Waals surface area contributed by atoms with E-state index in [1.165, 1.54) is 11.8 Å². The predicted molar refractivity (Wildman–Crippen MR) is 81.6 cm³/mol. The smallest absolute Gasteiger partial charge is 0.243 e. The van der Waals surface area contributed by atoms with Crippen LogP contribution in [0.15, 0.2) is 24.3 Å². The van der Waals surface area contributed by atoms with E-state index in [-0.39, 0.29) is 25.0 Å². The van der Waals surface area contributed by atoms with Gasteiger partial charge in [0.2, 0.25) is 11.8 Å². The van der Waals surface area contributed by atoms with Gasteiger partial charge in [-0.25, -0.2) is 0 Å².